The number of carboxylic acid groups (broad SMARTS) is 2. The van der Waals surface area contributed by atoms with E-state index in [4.69, 9.17) is 17.3 Å². The van der Waals surface area contributed by atoms with E-state index in [0.29, 0.717) is 18.0 Å². The molecule has 2 aliphatic rings. The number of hydrogen-bond donors (Lipinski definition) is 4. The molecule has 0 spiro atoms. The van der Waals surface area contributed by atoms with Crippen LogP contribution in [0.25, 0.3) is 0 Å². The fourth-order valence-corrected chi connectivity index (χ4v) is 8.20. The Morgan fingerprint density at radius 2 is 1.63 bits per heavy atom. The summed E-state index contributed by atoms with van der Waals surface area (Å²) in [6, 6.07) is 23.4. The lowest BCUT2D eigenvalue weighted by Crippen LogP contribution is -2.72. The molecule has 46 heavy (non-hydrogen) atoms. The Morgan fingerprint density at radius 3 is 2.22 bits per heavy atom. The van der Waals surface area contributed by atoms with Gasteiger partial charge in [-0.15, -0.1) is 0 Å². The van der Waals surface area contributed by atoms with Gasteiger partial charge in [-0.25, -0.2) is 0 Å². The number of carbonyl (C=O) groups is 2. The van der Waals surface area contributed by atoms with Crippen molar-refractivity contribution in [3.63, 3.8) is 0 Å². The first kappa shape index (κ1) is 33.5. The third kappa shape index (κ3) is 5.79. The van der Waals surface area contributed by atoms with Gasteiger partial charge in [-0.1, -0.05) is 66.2 Å². The lowest BCUT2D eigenvalue weighted by atomic mass is 9.52. The van der Waals surface area contributed by atoms with Crippen molar-refractivity contribution in [2.24, 2.45) is 16.6 Å². The van der Waals surface area contributed by atoms with Crippen molar-refractivity contribution >= 4 is 29.2 Å². The van der Waals surface area contributed by atoms with E-state index < -0.39 is 45.8 Å². The molecule has 5 unspecified atom stereocenters. The molecule has 2 fully saturated rings. The van der Waals surface area contributed by atoms with Crippen LogP contribution in [0, 0.1) is 20.9 Å². The SMILES string of the molecule is CC1NC(N)C(C)(C(=O)O)C(c2cccc([N+](=O)[O-])c2)C1(CCCN1CCC(c2ccccc2)(c2ccc(Cl)cc2)CC1)C(=O)O. The lowest BCUT2D eigenvalue weighted by molar-refractivity contribution is -0.385. The molecular weight excluding hydrogens is 608 g/mol. The molecule has 5 atom stereocenters. The van der Waals surface area contributed by atoms with E-state index in [1.54, 1.807) is 13.0 Å². The van der Waals surface area contributed by atoms with Crippen LogP contribution in [0.2, 0.25) is 5.02 Å². The molecule has 0 radical (unpaired) electrons. The molecule has 244 valence electrons. The maximum atomic E-state index is 13.4. The highest BCUT2D eigenvalue weighted by molar-refractivity contribution is 6.30. The molecule has 3 aromatic rings. The van der Waals surface area contributed by atoms with Gasteiger partial charge in [-0.2, -0.15) is 0 Å². The smallest absolute Gasteiger partial charge is 0.312 e. The predicted octanol–water partition coefficient (Wildman–Crippen LogP) is 5.63. The van der Waals surface area contributed by atoms with Crippen LogP contribution in [0.5, 0.6) is 0 Å². The van der Waals surface area contributed by atoms with E-state index in [2.05, 4.69) is 46.6 Å². The zero-order chi connectivity index (χ0) is 33.3. The van der Waals surface area contributed by atoms with Crippen LogP contribution in [0.3, 0.4) is 0 Å². The minimum atomic E-state index is -1.76. The Hall–Kier alpha value is -3.83. The molecule has 11 heteroatoms. The number of nitrogens with two attached hydrogens (primary N) is 1. The minimum Gasteiger partial charge on any atom is -0.481 e. The maximum Gasteiger partial charge on any atom is 0.312 e. The Morgan fingerprint density at radius 1 is 1.00 bits per heavy atom. The summed E-state index contributed by atoms with van der Waals surface area (Å²) in [6.07, 6.45) is 1.27. The first-order valence-corrected chi connectivity index (χ1v) is 16.0. The zero-order valence-electron chi connectivity index (χ0n) is 26.1. The van der Waals surface area contributed by atoms with Crippen molar-refractivity contribution in [2.45, 2.75) is 63.1 Å². The monoisotopic (exact) mass is 648 g/mol. The van der Waals surface area contributed by atoms with Gasteiger partial charge >= 0.3 is 11.9 Å². The Bertz CT molecular complexity index is 1580. The summed E-state index contributed by atoms with van der Waals surface area (Å²) >= 11 is 6.22. The van der Waals surface area contributed by atoms with Crippen LogP contribution in [0.15, 0.2) is 78.9 Å². The van der Waals surface area contributed by atoms with Crippen molar-refractivity contribution in [2.75, 3.05) is 19.6 Å². The van der Waals surface area contributed by atoms with E-state index in [-0.39, 0.29) is 23.1 Å². The van der Waals surface area contributed by atoms with Gasteiger partial charge < -0.3 is 20.8 Å². The minimum absolute atomic E-state index is 0.150. The largest absolute Gasteiger partial charge is 0.481 e. The standard InChI is InChI=1S/C35H41ClN4O6/c1-23-35(32(43)44,29(33(2,31(41)42)30(37)38-23)24-8-6-11-28(22-24)40(45)46)16-7-19-39-20-17-34(18-21-39,25-9-4-3-5-10-25)26-12-14-27(36)15-13-26/h3-6,8-15,22-23,29-30,38H,7,16-21,37H2,1-2H3,(H,41,42)(H,43,44). The molecule has 0 bridgehead atoms. The number of benzene rings is 3. The van der Waals surface area contributed by atoms with Crippen LogP contribution in [-0.2, 0) is 15.0 Å². The number of non-ortho nitro benzene ring substituents is 1. The molecule has 3 aromatic carbocycles. The van der Waals surface area contributed by atoms with E-state index >= 15 is 0 Å². The Labute approximate surface area is 273 Å². The number of nitrogens with zero attached hydrogens (tertiary/aromatic N) is 2. The number of rotatable bonds is 10. The van der Waals surface area contributed by atoms with Crippen molar-refractivity contribution in [3.05, 3.63) is 111 Å². The second-order valence-corrected chi connectivity index (χ2v) is 13.4. The molecule has 0 amide bonds. The first-order chi connectivity index (χ1) is 21.9. The number of aliphatic carboxylic acids is 2. The predicted molar refractivity (Wildman–Crippen MR) is 176 cm³/mol. The van der Waals surface area contributed by atoms with Crippen molar-refractivity contribution in [3.8, 4) is 0 Å². The summed E-state index contributed by atoms with van der Waals surface area (Å²) in [7, 11) is 0. The summed E-state index contributed by atoms with van der Waals surface area (Å²) in [5.74, 6) is -3.57. The number of nitrogens with one attached hydrogen (secondary N) is 1. The van der Waals surface area contributed by atoms with Crippen molar-refractivity contribution in [1.82, 2.24) is 10.2 Å². The number of likely N-dealkylation sites (tertiary alicyclic amines) is 1. The fourth-order valence-electron chi connectivity index (χ4n) is 8.07. The molecular formula is C35H41ClN4O6. The number of halogens is 1. The molecule has 0 saturated carbocycles. The highest BCUT2D eigenvalue weighted by Crippen LogP contribution is 2.57. The van der Waals surface area contributed by atoms with Gasteiger partial charge in [0.25, 0.3) is 5.69 Å². The lowest BCUT2D eigenvalue weighted by Gasteiger charge is -2.56. The van der Waals surface area contributed by atoms with Crippen molar-refractivity contribution in [1.29, 1.82) is 0 Å². The van der Waals surface area contributed by atoms with Crippen LogP contribution < -0.4 is 11.1 Å². The summed E-state index contributed by atoms with van der Waals surface area (Å²) in [4.78, 5) is 39.7. The summed E-state index contributed by atoms with van der Waals surface area (Å²) in [5, 5.41) is 36.8. The van der Waals surface area contributed by atoms with Gasteiger partial charge in [0, 0.05) is 34.5 Å². The van der Waals surface area contributed by atoms with Crippen LogP contribution in [0.1, 0.15) is 62.1 Å². The van der Waals surface area contributed by atoms with Crippen LogP contribution in [0.4, 0.5) is 5.69 Å². The third-order valence-corrected chi connectivity index (χ3v) is 11.0. The molecule has 0 aromatic heterocycles. The molecule has 2 heterocycles. The van der Waals surface area contributed by atoms with Gasteiger partial charge in [-0.3, -0.25) is 25.0 Å². The average Bonchev–Trinajstić information content (AvgIpc) is 3.04. The van der Waals surface area contributed by atoms with Crippen LogP contribution >= 0.6 is 11.6 Å². The van der Waals surface area contributed by atoms with Crippen LogP contribution in [-0.4, -0.2) is 63.8 Å². The molecule has 10 nitrogen and oxygen atoms in total. The number of nitro benzene ring substituents is 1. The Balaban J connectivity index is 1.41. The summed E-state index contributed by atoms with van der Waals surface area (Å²) in [5.41, 5.74) is 5.33. The Kier molecular flexibility index (Phi) is 9.56. The van der Waals surface area contributed by atoms with Gasteiger partial charge in [0.2, 0.25) is 0 Å². The highest BCUT2D eigenvalue weighted by Gasteiger charge is 2.65. The second kappa shape index (κ2) is 13.1. The van der Waals surface area contributed by atoms with Gasteiger partial charge in [0.15, 0.2) is 0 Å². The molecule has 0 aliphatic carbocycles. The van der Waals surface area contributed by atoms with E-state index in [9.17, 15) is 29.9 Å². The number of nitro groups is 1. The quantitative estimate of drug-likeness (QED) is 0.161. The summed E-state index contributed by atoms with van der Waals surface area (Å²) in [6.45, 7) is 5.34. The van der Waals surface area contributed by atoms with E-state index in [1.807, 2.05) is 18.2 Å². The van der Waals surface area contributed by atoms with E-state index in [0.717, 1.165) is 25.9 Å². The molecule has 5 N–H and O–H groups in total. The number of carboxylic acids is 2. The van der Waals surface area contributed by atoms with Gasteiger partial charge in [0.1, 0.15) is 5.41 Å². The van der Waals surface area contributed by atoms with E-state index in [1.165, 1.54) is 36.2 Å². The average molecular weight is 649 g/mol. The normalized spacial score (nSPS) is 28.0. The van der Waals surface area contributed by atoms with Crippen molar-refractivity contribution < 1.29 is 24.7 Å². The number of piperidine rings is 2. The number of hydrogen-bond acceptors (Lipinski definition) is 7. The fraction of sp³-hybridized carbons (Fsp3) is 0.429. The second-order valence-electron chi connectivity index (χ2n) is 13.0. The molecule has 2 aliphatic heterocycles. The molecule has 5 rings (SSSR count). The zero-order valence-corrected chi connectivity index (χ0v) is 26.8. The van der Waals surface area contributed by atoms with Gasteiger partial charge in [0.05, 0.1) is 16.5 Å². The first-order valence-electron chi connectivity index (χ1n) is 15.6. The highest BCUT2D eigenvalue weighted by atomic mass is 35.5. The maximum absolute atomic E-state index is 13.4. The topological polar surface area (TPSA) is 159 Å². The summed E-state index contributed by atoms with van der Waals surface area (Å²) < 4.78 is 0. The molecule has 2 saturated heterocycles. The van der Waals surface area contributed by atoms with Gasteiger partial charge in [-0.05, 0) is 88.0 Å². The third-order valence-electron chi connectivity index (χ3n) is 10.7.